The normalized spacial score (nSPS) is 20.5. The average Bonchev–Trinajstić information content (AvgIpc) is 3.10. The van der Waals surface area contributed by atoms with Crippen molar-refractivity contribution in [3.8, 4) is 0 Å². The van der Waals surface area contributed by atoms with Gasteiger partial charge in [-0.2, -0.15) is 0 Å². The number of guanidine groups is 1. The van der Waals surface area contributed by atoms with Gasteiger partial charge in [0.15, 0.2) is 17.4 Å². The molecular weight excluding hydrogens is 391 g/mol. The molecule has 0 radical (unpaired) electrons. The number of aromatic nitrogens is 3. The smallest absolute Gasteiger partial charge is 0.191 e. The highest BCUT2D eigenvalue weighted by atomic mass is 127. The molecule has 2 unspecified atom stereocenters. The van der Waals surface area contributed by atoms with E-state index in [1.165, 1.54) is 19.3 Å². The van der Waals surface area contributed by atoms with Crippen LogP contribution in [0, 0.1) is 5.92 Å². The third kappa shape index (κ3) is 3.88. The van der Waals surface area contributed by atoms with Gasteiger partial charge >= 0.3 is 0 Å². The number of pyridine rings is 1. The van der Waals surface area contributed by atoms with Crippen molar-refractivity contribution in [2.75, 3.05) is 7.05 Å². The van der Waals surface area contributed by atoms with E-state index in [0.717, 1.165) is 23.3 Å². The van der Waals surface area contributed by atoms with Crippen molar-refractivity contribution in [3.63, 3.8) is 0 Å². The van der Waals surface area contributed by atoms with E-state index in [2.05, 4.69) is 32.7 Å². The Hall–Kier alpha value is -1.38. The molecule has 1 saturated carbocycles. The highest BCUT2D eigenvalue weighted by Crippen LogP contribution is 2.34. The summed E-state index contributed by atoms with van der Waals surface area (Å²) >= 11 is 0. The zero-order valence-corrected chi connectivity index (χ0v) is 15.3. The highest BCUT2D eigenvalue weighted by Gasteiger charge is 2.36. The molecule has 2 atom stereocenters. The van der Waals surface area contributed by atoms with Crippen LogP contribution in [0.2, 0.25) is 0 Å². The summed E-state index contributed by atoms with van der Waals surface area (Å²) < 4.78 is 1.98. The molecule has 3 rings (SSSR count). The second kappa shape index (κ2) is 7.75. The molecule has 0 amide bonds. The molecule has 2 heterocycles. The number of nitrogens with zero attached hydrogens (tertiary/aromatic N) is 4. The summed E-state index contributed by atoms with van der Waals surface area (Å²) in [6, 6.07) is 6.46. The van der Waals surface area contributed by atoms with Crippen LogP contribution >= 0.6 is 24.0 Å². The molecular formula is C15H23IN6. The minimum atomic E-state index is 0. The van der Waals surface area contributed by atoms with E-state index >= 15 is 0 Å². The van der Waals surface area contributed by atoms with E-state index in [9.17, 15) is 0 Å². The monoisotopic (exact) mass is 414 g/mol. The van der Waals surface area contributed by atoms with Gasteiger partial charge in [0.05, 0.1) is 6.54 Å². The van der Waals surface area contributed by atoms with Gasteiger partial charge in [0.2, 0.25) is 0 Å². The first-order valence-corrected chi connectivity index (χ1v) is 7.57. The Kier molecular flexibility index (Phi) is 5.98. The fourth-order valence-corrected chi connectivity index (χ4v) is 2.66. The molecule has 0 bridgehead atoms. The quantitative estimate of drug-likeness (QED) is 0.447. The summed E-state index contributed by atoms with van der Waals surface area (Å²) in [6.45, 7) is 2.84. The van der Waals surface area contributed by atoms with Crippen molar-refractivity contribution in [1.82, 2.24) is 25.2 Å². The summed E-state index contributed by atoms with van der Waals surface area (Å²) in [7, 11) is 1.80. The minimum absolute atomic E-state index is 0. The second-order valence-corrected chi connectivity index (χ2v) is 5.51. The zero-order valence-electron chi connectivity index (χ0n) is 13.0. The molecule has 0 aromatic carbocycles. The summed E-state index contributed by atoms with van der Waals surface area (Å²) in [5.74, 6) is 2.53. The first-order valence-electron chi connectivity index (χ1n) is 7.57. The van der Waals surface area contributed by atoms with E-state index in [-0.39, 0.29) is 24.0 Å². The van der Waals surface area contributed by atoms with Gasteiger partial charge in [0.1, 0.15) is 0 Å². The lowest BCUT2D eigenvalue weighted by atomic mass is 10.2. The Morgan fingerprint density at radius 3 is 3.05 bits per heavy atom. The van der Waals surface area contributed by atoms with Gasteiger partial charge in [-0.1, -0.05) is 19.4 Å². The maximum Gasteiger partial charge on any atom is 0.191 e. The van der Waals surface area contributed by atoms with Crippen molar-refractivity contribution < 1.29 is 0 Å². The SMILES string of the molecule is CCCC1CC1NC(=NC)NCc1nnc2ccccn12.I. The molecule has 120 valence electrons. The van der Waals surface area contributed by atoms with Gasteiger partial charge < -0.3 is 10.6 Å². The fourth-order valence-electron chi connectivity index (χ4n) is 2.66. The van der Waals surface area contributed by atoms with Crippen LogP contribution in [0.1, 0.15) is 32.0 Å². The molecule has 2 aromatic heterocycles. The van der Waals surface area contributed by atoms with Crippen molar-refractivity contribution in [2.24, 2.45) is 10.9 Å². The summed E-state index contributed by atoms with van der Waals surface area (Å²) in [6.07, 6.45) is 5.77. The van der Waals surface area contributed by atoms with Gasteiger partial charge in [-0.3, -0.25) is 9.39 Å². The molecule has 7 heteroatoms. The number of fused-ring (bicyclic) bond motifs is 1. The maximum absolute atomic E-state index is 4.28. The zero-order chi connectivity index (χ0) is 14.7. The molecule has 1 aliphatic carbocycles. The average molecular weight is 414 g/mol. The number of nitrogens with one attached hydrogen (secondary N) is 2. The number of hydrogen-bond donors (Lipinski definition) is 2. The molecule has 0 aliphatic heterocycles. The van der Waals surface area contributed by atoms with Gasteiger partial charge in [-0.15, -0.1) is 34.2 Å². The van der Waals surface area contributed by atoms with E-state index in [4.69, 9.17) is 0 Å². The van der Waals surface area contributed by atoms with Crippen molar-refractivity contribution in [1.29, 1.82) is 0 Å². The van der Waals surface area contributed by atoms with E-state index in [0.29, 0.717) is 12.6 Å². The Balaban J connectivity index is 0.00000176. The van der Waals surface area contributed by atoms with Crippen molar-refractivity contribution in [3.05, 3.63) is 30.2 Å². The van der Waals surface area contributed by atoms with Crippen LogP contribution in [0.3, 0.4) is 0 Å². The number of aliphatic imine (C=N–C) groups is 1. The second-order valence-electron chi connectivity index (χ2n) is 5.51. The number of halogens is 1. The van der Waals surface area contributed by atoms with Crippen LogP contribution in [0.4, 0.5) is 0 Å². The topological polar surface area (TPSA) is 66.6 Å². The Labute approximate surface area is 147 Å². The lowest BCUT2D eigenvalue weighted by molar-refractivity contribution is 0.653. The van der Waals surface area contributed by atoms with E-state index < -0.39 is 0 Å². The van der Waals surface area contributed by atoms with Gasteiger partial charge in [0.25, 0.3) is 0 Å². The summed E-state index contributed by atoms with van der Waals surface area (Å²) in [5.41, 5.74) is 0.863. The molecule has 0 saturated heterocycles. The van der Waals surface area contributed by atoms with Crippen LogP contribution in [-0.2, 0) is 6.54 Å². The minimum Gasteiger partial charge on any atom is -0.353 e. The standard InChI is InChI=1S/C15H22N6.HI/c1-3-6-11-9-12(11)18-15(16-2)17-10-14-20-19-13-7-4-5-8-21(13)14;/h4-5,7-8,11-12H,3,6,9-10H2,1-2H3,(H2,16,17,18);1H. The first kappa shape index (κ1) is 17.0. The fraction of sp³-hybridized carbons (Fsp3) is 0.533. The molecule has 0 spiro atoms. The lowest BCUT2D eigenvalue weighted by Gasteiger charge is -2.11. The van der Waals surface area contributed by atoms with Crippen LogP contribution in [-0.4, -0.2) is 33.6 Å². The van der Waals surface area contributed by atoms with Crippen LogP contribution in [0.5, 0.6) is 0 Å². The molecule has 22 heavy (non-hydrogen) atoms. The van der Waals surface area contributed by atoms with Crippen molar-refractivity contribution >= 4 is 35.6 Å². The lowest BCUT2D eigenvalue weighted by Crippen LogP contribution is -2.39. The molecule has 2 N–H and O–H groups in total. The van der Waals surface area contributed by atoms with Crippen LogP contribution in [0.15, 0.2) is 29.4 Å². The van der Waals surface area contributed by atoms with Gasteiger partial charge in [-0.25, -0.2) is 0 Å². The molecule has 6 nitrogen and oxygen atoms in total. The third-order valence-corrected chi connectivity index (χ3v) is 3.93. The predicted molar refractivity (Wildman–Crippen MR) is 98.5 cm³/mol. The van der Waals surface area contributed by atoms with E-state index in [1.54, 1.807) is 7.05 Å². The van der Waals surface area contributed by atoms with Crippen LogP contribution in [0.25, 0.3) is 5.65 Å². The van der Waals surface area contributed by atoms with E-state index in [1.807, 2.05) is 28.8 Å². The highest BCUT2D eigenvalue weighted by molar-refractivity contribution is 14.0. The Morgan fingerprint density at radius 2 is 2.27 bits per heavy atom. The van der Waals surface area contributed by atoms with Gasteiger partial charge in [0, 0.05) is 19.3 Å². The first-order chi connectivity index (χ1) is 10.3. The van der Waals surface area contributed by atoms with Crippen molar-refractivity contribution in [2.45, 2.75) is 38.8 Å². The summed E-state index contributed by atoms with van der Waals surface area (Å²) in [5, 5.41) is 15.1. The predicted octanol–water partition coefficient (Wildman–Crippen LogP) is 2.20. The molecule has 1 fully saturated rings. The molecule has 2 aromatic rings. The Bertz CT molecular complexity index is 638. The van der Waals surface area contributed by atoms with Crippen LogP contribution < -0.4 is 10.6 Å². The maximum atomic E-state index is 4.28. The molecule has 1 aliphatic rings. The summed E-state index contributed by atoms with van der Waals surface area (Å²) in [4.78, 5) is 4.28. The number of hydrogen-bond acceptors (Lipinski definition) is 3. The number of rotatable bonds is 5. The third-order valence-electron chi connectivity index (χ3n) is 3.93. The Morgan fingerprint density at radius 1 is 1.41 bits per heavy atom. The largest absolute Gasteiger partial charge is 0.353 e. The van der Waals surface area contributed by atoms with Gasteiger partial charge in [-0.05, 0) is 30.9 Å².